The van der Waals surface area contributed by atoms with Crippen molar-refractivity contribution in [2.45, 2.75) is 11.9 Å². The summed E-state index contributed by atoms with van der Waals surface area (Å²) in [6.45, 7) is 1.80. The van der Waals surface area contributed by atoms with Crippen molar-refractivity contribution in [3.05, 3.63) is 17.8 Å². The second-order valence-electron chi connectivity index (χ2n) is 2.68. The Bertz CT molecular complexity index is 398. The molecule has 0 radical (unpaired) electrons. The summed E-state index contributed by atoms with van der Waals surface area (Å²) in [7, 11) is -3.29. The highest BCUT2D eigenvalue weighted by Gasteiger charge is 2.12. The van der Waals surface area contributed by atoms with Crippen LogP contribution < -0.4 is 5.73 Å². The van der Waals surface area contributed by atoms with Crippen LogP contribution in [0.3, 0.4) is 0 Å². The van der Waals surface area contributed by atoms with E-state index < -0.39 is 9.84 Å². The summed E-state index contributed by atoms with van der Waals surface area (Å²) in [4.78, 5) is 3.74. The first kappa shape index (κ1) is 8.99. The number of pyridine rings is 1. The Balaban J connectivity index is 3.39. The lowest BCUT2D eigenvalue weighted by molar-refractivity contribution is 0.599. The molecule has 1 aromatic rings. The van der Waals surface area contributed by atoms with Crippen molar-refractivity contribution in [2.75, 3.05) is 12.0 Å². The number of nitrogens with zero attached hydrogens (tertiary/aromatic N) is 1. The number of anilines is 1. The molecule has 5 heteroatoms. The van der Waals surface area contributed by atoms with E-state index in [4.69, 9.17) is 5.73 Å². The van der Waals surface area contributed by atoms with Crippen molar-refractivity contribution in [3.8, 4) is 0 Å². The summed E-state index contributed by atoms with van der Waals surface area (Å²) in [5, 5.41) is -0.0481. The quantitative estimate of drug-likeness (QED) is 0.688. The molecule has 2 N–H and O–H groups in total. The highest BCUT2D eigenvalue weighted by Crippen LogP contribution is 2.15. The van der Waals surface area contributed by atoms with Crippen molar-refractivity contribution in [3.63, 3.8) is 0 Å². The van der Waals surface area contributed by atoms with Crippen LogP contribution >= 0.6 is 0 Å². The van der Waals surface area contributed by atoms with Gasteiger partial charge in [-0.25, -0.2) is 13.4 Å². The lowest BCUT2D eigenvalue weighted by Crippen LogP contribution is -2.05. The van der Waals surface area contributed by atoms with E-state index in [-0.39, 0.29) is 10.7 Å². The Morgan fingerprint density at radius 2 is 2.08 bits per heavy atom. The topological polar surface area (TPSA) is 73.0 Å². The third-order valence-electron chi connectivity index (χ3n) is 1.37. The first-order valence-electron chi connectivity index (χ1n) is 3.33. The van der Waals surface area contributed by atoms with Gasteiger partial charge in [0.05, 0.1) is 5.69 Å². The number of nitrogens with two attached hydrogens (primary N) is 1. The van der Waals surface area contributed by atoms with Crippen LogP contribution in [0.1, 0.15) is 5.56 Å². The Kier molecular flexibility index (Phi) is 2.06. The number of aromatic nitrogens is 1. The number of aryl methyl sites for hydroxylation is 1. The van der Waals surface area contributed by atoms with Crippen LogP contribution in [0.5, 0.6) is 0 Å². The number of sulfone groups is 1. The van der Waals surface area contributed by atoms with Crippen LogP contribution in [-0.4, -0.2) is 19.7 Å². The number of nitrogen functional groups attached to an aromatic ring is 1. The zero-order valence-corrected chi connectivity index (χ0v) is 7.72. The molecule has 0 aliphatic heterocycles. The van der Waals surface area contributed by atoms with E-state index in [9.17, 15) is 8.42 Å². The first-order chi connectivity index (χ1) is 5.41. The fraction of sp³-hybridized carbons (Fsp3) is 0.286. The molecule has 1 rings (SSSR count). The van der Waals surface area contributed by atoms with Gasteiger partial charge in [0.1, 0.15) is 0 Å². The number of hydrogen-bond donors (Lipinski definition) is 1. The zero-order chi connectivity index (χ0) is 9.35. The summed E-state index contributed by atoms with van der Waals surface area (Å²) >= 11 is 0. The van der Waals surface area contributed by atoms with Gasteiger partial charge < -0.3 is 5.73 Å². The van der Waals surface area contributed by atoms with Crippen molar-refractivity contribution < 1.29 is 8.42 Å². The summed E-state index contributed by atoms with van der Waals surface area (Å²) in [6, 6.07) is 1.59. The first-order valence-corrected chi connectivity index (χ1v) is 5.22. The molecule has 0 amide bonds. The van der Waals surface area contributed by atoms with Crippen molar-refractivity contribution in [1.29, 1.82) is 0 Å². The van der Waals surface area contributed by atoms with Gasteiger partial charge >= 0.3 is 0 Å². The van der Waals surface area contributed by atoms with Gasteiger partial charge in [0.2, 0.25) is 0 Å². The van der Waals surface area contributed by atoms with E-state index in [2.05, 4.69) is 4.98 Å². The van der Waals surface area contributed by atoms with Gasteiger partial charge in [-0.3, -0.25) is 0 Å². The molecular formula is C7H10N2O2S. The maximum Gasteiger partial charge on any atom is 0.194 e. The maximum atomic E-state index is 11.0. The van der Waals surface area contributed by atoms with Gasteiger partial charge in [-0.1, -0.05) is 0 Å². The van der Waals surface area contributed by atoms with E-state index in [0.29, 0.717) is 0 Å². The fourth-order valence-electron chi connectivity index (χ4n) is 0.889. The minimum absolute atomic E-state index is 0.0481. The highest BCUT2D eigenvalue weighted by molar-refractivity contribution is 7.90. The van der Waals surface area contributed by atoms with Crippen LogP contribution in [0, 0.1) is 6.92 Å². The Morgan fingerprint density at radius 1 is 1.50 bits per heavy atom. The smallest absolute Gasteiger partial charge is 0.194 e. The van der Waals surface area contributed by atoms with Gasteiger partial charge in [0.15, 0.2) is 14.9 Å². The van der Waals surface area contributed by atoms with Gasteiger partial charge in [-0.05, 0) is 18.6 Å². The fourth-order valence-corrected chi connectivity index (χ4v) is 1.62. The van der Waals surface area contributed by atoms with E-state index in [1.807, 2.05) is 0 Å². The molecule has 0 saturated heterocycles. The monoisotopic (exact) mass is 186 g/mol. The van der Waals surface area contributed by atoms with Gasteiger partial charge in [0, 0.05) is 12.5 Å². The molecular weight excluding hydrogens is 176 g/mol. The van der Waals surface area contributed by atoms with Crippen LogP contribution in [-0.2, 0) is 9.84 Å². The Morgan fingerprint density at radius 3 is 2.50 bits per heavy atom. The molecule has 0 fully saturated rings. The van der Waals surface area contributed by atoms with Crippen molar-refractivity contribution in [2.24, 2.45) is 0 Å². The predicted octanol–water partition coefficient (Wildman–Crippen LogP) is 0.376. The molecule has 1 aromatic heterocycles. The standard InChI is InChI=1S/C7H10N2O2S/c1-5-3-6(8)7(9-4-5)12(2,10)11/h3-4H,8H2,1-2H3. The van der Waals surface area contributed by atoms with Crippen LogP contribution in [0.2, 0.25) is 0 Å². The predicted molar refractivity (Wildman–Crippen MR) is 46.5 cm³/mol. The molecule has 0 atom stereocenters. The van der Waals surface area contributed by atoms with Crippen molar-refractivity contribution in [1.82, 2.24) is 4.98 Å². The molecule has 0 spiro atoms. The molecule has 1 heterocycles. The summed E-state index contributed by atoms with van der Waals surface area (Å²) in [5.41, 5.74) is 6.52. The van der Waals surface area contributed by atoms with E-state index in [1.54, 1.807) is 13.0 Å². The van der Waals surface area contributed by atoms with Gasteiger partial charge in [0.25, 0.3) is 0 Å². The average Bonchev–Trinajstić information content (AvgIpc) is 1.83. The zero-order valence-electron chi connectivity index (χ0n) is 6.90. The Labute approximate surface area is 71.3 Å². The molecule has 0 aromatic carbocycles. The number of hydrogen-bond acceptors (Lipinski definition) is 4. The molecule has 0 aliphatic carbocycles. The molecule has 4 nitrogen and oxygen atoms in total. The maximum absolute atomic E-state index is 11.0. The van der Waals surface area contributed by atoms with Gasteiger partial charge in [-0.15, -0.1) is 0 Å². The van der Waals surface area contributed by atoms with E-state index in [0.717, 1.165) is 11.8 Å². The van der Waals surface area contributed by atoms with Gasteiger partial charge in [-0.2, -0.15) is 0 Å². The minimum atomic E-state index is -3.29. The van der Waals surface area contributed by atoms with E-state index >= 15 is 0 Å². The molecule has 66 valence electrons. The summed E-state index contributed by atoms with van der Waals surface area (Å²) < 4.78 is 22.0. The van der Waals surface area contributed by atoms with Crippen LogP contribution in [0.4, 0.5) is 5.69 Å². The summed E-state index contributed by atoms with van der Waals surface area (Å²) in [6.07, 6.45) is 2.56. The normalized spacial score (nSPS) is 11.5. The third kappa shape index (κ3) is 1.73. The highest BCUT2D eigenvalue weighted by atomic mass is 32.2. The SMILES string of the molecule is Cc1cnc(S(C)(=O)=O)c(N)c1. The number of rotatable bonds is 1. The molecule has 0 aliphatic rings. The largest absolute Gasteiger partial charge is 0.396 e. The van der Waals surface area contributed by atoms with E-state index in [1.165, 1.54) is 6.20 Å². The second kappa shape index (κ2) is 2.75. The van der Waals surface area contributed by atoms with Crippen molar-refractivity contribution >= 4 is 15.5 Å². The lowest BCUT2D eigenvalue weighted by Gasteiger charge is -2.01. The molecule has 12 heavy (non-hydrogen) atoms. The van der Waals surface area contributed by atoms with Crippen LogP contribution in [0.25, 0.3) is 0 Å². The Hall–Kier alpha value is -1.10. The molecule has 0 saturated carbocycles. The lowest BCUT2D eigenvalue weighted by atomic mass is 10.3. The molecule has 0 bridgehead atoms. The molecule has 0 unspecified atom stereocenters. The minimum Gasteiger partial charge on any atom is -0.396 e. The average molecular weight is 186 g/mol. The second-order valence-corrected chi connectivity index (χ2v) is 4.61. The third-order valence-corrected chi connectivity index (χ3v) is 2.41. The summed E-state index contributed by atoms with van der Waals surface area (Å²) in [5.74, 6) is 0. The van der Waals surface area contributed by atoms with Crippen LogP contribution in [0.15, 0.2) is 17.3 Å².